The Morgan fingerprint density at radius 3 is 2.00 bits per heavy atom. The fourth-order valence-corrected chi connectivity index (χ4v) is 2.95. The van der Waals surface area contributed by atoms with E-state index in [9.17, 15) is 0 Å². The van der Waals surface area contributed by atoms with Crippen LogP contribution in [0.1, 0.15) is 51.3 Å². The van der Waals surface area contributed by atoms with Gasteiger partial charge in [0.2, 0.25) is 0 Å². The molecular formula is C15H23P. The molecule has 0 aromatic heterocycles. The van der Waals surface area contributed by atoms with Gasteiger partial charge < -0.3 is 0 Å². The molecule has 2 atom stereocenters. The molecule has 0 aliphatic carbocycles. The highest BCUT2D eigenvalue weighted by Crippen LogP contribution is 2.36. The lowest BCUT2D eigenvalue weighted by molar-refractivity contribution is 0.868. The van der Waals surface area contributed by atoms with Gasteiger partial charge in [-0.1, -0.05) is 62.2 Å². The summed E-state index contributed by atoms with van der Waals surface area (Å²) in [5.74, 6) is 0. The molecule has 0 amide bonds. The minimum Gasteiger partial charge on any atom is -0.125 e. The van der Waals surface area contributed by atoms with Crippen LogP contribution in [0.15, 0.2) is 41.5 Å². The molecule has 0 radical (unpaired) electrons. The minimum atomic E-state index is 0.487. The fourth-order valence-electron chi connectivity index (χ4n) is 2.26. The average molecular weight is 234 g/mol. The standard InChI is InChI=1S/C15H23P/c1-4-12(5-2)14(6-3)15(16)13-10-8-7-9-11-13/h7-11,15H,4-6,16H2,1-3H3. The van der Waals surface area contributed by atoms with Gasteiger partial charge in [0.25, 0.3) is 0 Å². The van der Waals surface area contributed by atoms with Crippen molar-refractivity contribution >= 4 is 9.24 Å². The highest BCUT2D eigenvalue weighted by Gasteiger charge is 2.12. The summed E-state index contributed by atoms with van der Waals surface area (Å²) < 4.78 is 0. The predicted molar refractivity (Wildman–Crippen MR) is 76.8 cm³/mol. The normalized spacial score (nSPS) is 12.2. The molecule has 1 rings (SSSR count). The van der Waals surface area contributed by atoms with Crippen LogP contribution in [0.2, 0.25) is 0 Å². The summed E-state index contributed by atoms with van der Waals surface area (Å²) in [6.07, 6.45) is 3.51. The highest BCUT2D eigenvalue weighted by molar-refractivity contribution is 7.17. The van der Waals surface area contributed by atoms with Gasteiger partial charge in [-0.15, -0.1) is 9.24 Å². The number of benzene rings is 1. The molecule has 0 aliphatic heterocycles. The Labute approximate surface area is 102 Å². The van der Waals surface area contributed by atoms with Gasteiger partial charge in [0.15, 0.2) is 0 Å². The van der Waals surface area contributed by atoms with Crippen LogP contribution in [-0.4, -0.2) is 0 Å². The van der Waals surface area contributed by atoms with Crippen molar-refractivity contribution in [3.8, 4) is 0 Å². The molecule has 0 spiro atoms. The van der Waals surface area contributed by atoms with Crippen molar-refractivity contribution in [3.63, 3.8) is 0 Å². The number of hydrogen-bond donors (Lipinski definition) is 0. The van der Waals surface area contributed by atoms with E-state index in [1.807, 2.05) is 0 Å². The zero-order valence-electron chi connectivity index (χ0n) is 10.7. The van der Waals surface area contributed by atoms with E-state index in [2.05, 4.69) is 60.3 Å². The van der Waals surface area contributed by atoms with E-state index in [0.717, 1.165) is 6.42 Å². The van der Waals surface area contributed by atoms with Crippen LogP contribution < -0.4 is 0 Å². The van der Waals surface area contributed by atoms with Gasteiger partial charge in [-0.3, -0.25) is 0 Å². The van der Waals surface area contributed by atoms with Gasteiger partial charge in [-0.2, -0.15) is 0 Å². The minimum absolute atomic E-state index is 0.487. The van der Waals surface area contributed by atoms with Gasteiger partial charge >= 0.3 is 0 Å². The second kappa shape index (κ2) is 6.86. The summed E-state index contributed by atoms with van der Waals surface area (Å²) in [7, 11) is 3.00. The first-order chi connectivity index (χ1) is 7.74. The Kier molecular flexibility index (Phi) is 5.77. The molecule has 2 unspecified atom stereocenters. The maximum Gasteiger partial charge on any atom is 0.0195 e. The molecule has 1 heteroatoms. The van der Waals surface area contributed by atoms with E-state index in [1.54, 1.807) is 11.1 Å². The van der Waals surface area contributed by atoms with E-state index in [-0.39, 0.29) is 0 Å². The van der Waals surface area contributed by atoms with Crippen molar-refractivity contribution < 1.29 is 0 Å². The van der Waals surface area contributed by atoms with E-state index in [0.29, 0.717) is 5.66 Å². The first-order valence-corrected chi connectivity index (χ1v) is 6.92. The van der Waals surface area contributed by atoms with Gasteiger partial charge in [-0.05, 0) is 24.8 Å². The van der Waals surface area contributed by atoms with Gasteiger partial charge in [0, 0.05) is 5.66 Å². The van der Waals surface area contributed by atoms with E-state index >= 15 is 0 Å². The van der Waals surface area contributed by atoms with Crippen LogP contribution in [0, 0.1) is 0 Å². The molecule has 0 heterocycles. The van der Waals surface area contributed by atoms with E-state index in [4.69, 9.17) is 0 Å². The molecule has 0 fully saturated rings. The Hall–Kier alpha value is -0.610. The molecule has 1 aromatic rings. The van der Waals surface area contributed by atoms with Crippen LogP contribution in [0.25, 0.3) is 0 Å². The maximum absolute atomic E-state index is 3.00. The molecule has 0 nitrogen and oxygen atoms in total. The van der Waals surface area contributed by atoms with Crippen molar-refractivity contribution in [1.29, 1.82) is 0 Å². The monoisotopic (exact) mass is 234 g/mol. The summed E-state index contributed by atoms with van der Waals surface area (Å²) in [4.78, 5) is 0. The molecule has 1 aromatic carbocycles. The second-order valence-electron chi connectivity index (χ2n) is 4.08. The van der Waals surface area contributed by atoms with E-state index in [1.165, 1.54) is 18.4 Å². The van der Waals surface area contributed by atoms with Crippen molar-refractivity contribution in [3.05, 3.63) is 47.0 Å². The third-order valence-corrected chi connectivity index (χ3v) is 4.01. The molecule has 88 valence electrons. The van der Waals surface area contributed by atoms with Crippen molar-refractivity contribution in [2.24, 2.45) is 0 Å². The Morgan fingerprint density at radius 2 is 1.56 bits per heavy atom. The van der Waals surface area contributed by atoms with Crippen LogP contribution in [0.4, 0.5) is 0 Å². The first kappa shape index (κ1) is 13.5. The maximum atomic E-state index is 3.00. The van der Waals surface area contributed by atoms with Crippen LogP contribution >= 0.6 is 9.24 Å². The Bertz CT molecular complexity index is 332. The predicted octanol–water partition coefficient (Wildman–Crippen LogP) is 5.13. The van der Waals surface area contributed by atoms with Crippen LogP contribution in [-0.2, 0) is 0 Å². The lowest BCUT2D eigenvalue weighted by Crippen LogP contribution is -1.98. The quantitative estimate of drug-likeness (QED) is 0.489. The lowest BCUT2D eigenvalue weighted by atomic mass is 9.94. The molecule has 0 bridgehead atoms. The lowest BCUT2D eigenvalue weighted by Gasteiger charge is -2.19. The third kappa shape index (κ3) is 3.19. The highest BCUT2D eigenvalue weighted by atomic mass is 31.0. The Morgan fingerprint density at radius 1 is 1.00 bits per heavy atom. The number of rotatable bonds is 5. The topological polar surface area (TPSA) is 0 Å². The molecule has 0 aliphatic rings. The van der Waals surface area contributed by atoms with Crippen LogP contribution in [0.5, 0.6) is 0 Å². The molecule has 16 heavy (non-hydrogen) atoms. The molecule has 0 N–H and O–H groups in total. The van der Waals surface area contributed by atoms with Gasteiger partial charge in [0.1, 0.15) is 0 Å². The summed E-state index contributed by atoms with van der Waals surface area (Å²) in [6.45, 7) is 6.79. The summed E-state index contributed by atoms with van der Waals surface area (Å²) in [5, 5.41) is 0. The molecular weight excluding hydrogens is 211 g/mol. The largest absolute Gasteiger partial charge is 0.125 e. The van der Waals surface area contributed by atoms with E-state index < -0.39 is 0 Å². The number of hydrogen-bond acceptors (Lipinski definition) is 0. The second-order valence-corrected chi connectivity index (χ2v) is 4.74. The van der Waals surface area contributed by atoms with Crippen molar-refractivity contribution in [2.75, 3.05) is 0 Å². The first-order valence-electron chi connectivity index (χ1n) is 6.25. The van der Waals surface area contributed by atoms with Crippen molar-refractivity contribution in [1.82, 2.24) is 0 Å². The zero-order chi connectivity index (χ0) is 12.0. The van der Waals surface area contributed by atoms with Crippen LogP contribution in [0.3, 0.4) is 0 Å². The molecule has 0 saturated carbocycles. The smallest absolute Gasteiger partial charge is 0.0195 e. The number of allylic oxidation sites excluding steroid dienone is 2. The fraction of sp³-hybridized carbons (Fsp3) is 0.467. The summed E-state index contributed by atoms with van der Waals surface area (Å²) in [5.41, 5.74) is 5.11. The Balaban J connectivity index is 3.02. The SMILES string of the molecule is CCC(CC)=C(CC)C(P)c1ccccc1. The van der Waals surface area contributed by atoms with Gasteiger partial charge in [-0.25, -0.2) is 0 Å². The average Bonchev–Trinajstić information content (AvgIpc) is 2.36. The summed E-state index contributed by atoms with van der Waals surface area (Å²) in [6, 6.07) is 10.8. The zero-order valence-corrected chi connectivity index (χ0v) is 11.8. The third-order valence-electron chi connectivity index (χ3n) is 3.22. The van der Waals surface area contributed by atoms with Crippen molar-refractivity contribution in [2.45, 2.75) is 45.7 Å². The summed E-state index contributed by atoms with van der Waals surface area (Å²) >= 11 is 0. The molecule has 0 saturated heterocycles. The van der Waals surface area contributed by atoms with Gasteiger partial charge in [0.05, 0.1) is 0 Å².